The van der Waals surface area contributed by atoms with Crippen LogP contribution in [0.2, 0.25) is 0 Å². The molecule has 262 valence electrons. The van der Waals surface area contributed by atoms with E-state index in [4.69, 9.17) is 9.47 Å². The first-order chi connectivity index (χ1) is 23.6. The number of likely N-dealkylation sites (tertiary alicyclic amines) is 2. The number of nitrogens with one attached hydrogen (secondary N) is 2. The van der Waals surface area contributed by atoms with Crippen molar-refractivity contribution in [3.8, 4) is 11.5 Å². The summed E-state index contributed by atoms with van der Waals surface area (Å²) in [4.78, 5) is 59.5. The second-order valence-corrected chi connectivity index (χ2v) is 12.7. The van der Waals surface area contributed by atoms with Gasteiger partial charge in [-0.1, -0.05) is 49.7 Å². The lowest BCUT2D eigenvalue weighted by atomic mass is 9.79. The number of likely N-dealkylation sites (N-methyl/N-ethyl adjacent to an activating group) is 1. The highest BCUT2D eigenvalue weighted by Crippen LogP contribution is 2.37. The number of piperidine rings is 1. The molecule has 2 fully saturated rings. The topological polar surface area (TPSA) is 130 Å². The first-order valence-corrected chi connectivity index (χ1v) is 17.0. The number of rotatable bonds is 11. The van der Waals surface area contributed by atoms with Crippen LogP contribution in [-0.2, 0) is 27.2 Å². The molecule has 2 aliphatic rings. The van der Waals surface area contributed by atoms with Crippen molar-refractivity contribution >= 4 is 23.6 Å². The number of fused-ring (bicyclic) bond motifs is 1. The molecule has 2 N–H and O–H groups in total. The van der Waals surface area contributed by atoms with Crippen molar-refractivity contribution in [1.82, 2.24) is 25.4 Å². The standard InChI is InChI=1S/C29H37N5O6.C9H12/c1-18(2)40-24-9-8-19(11-25(24)39-4)29(38)34-15-20-14-33(27(36)12-21-7-5-6-10-31-21)17-23(22(20)16-34)28(37)32-13-26(35)30-3;1-2-6-9-7-4-3-5-8-9/h5-11,18,20,22-23H,12-17H2,1-4H3,(H,30,35)(H,32,37);3-5,7-8H,2,6H2,1H3. The third-order valence-corrected chi connectivity index (χ3v) is 8.77. The molecule has 3 atom stereocenters. The average molecular weight is 672 g/mol. The predicted octanol–water partition coefficient (Wildman–Crippen LogP) is 3.77. The first kappa shape index (κ1) is 36.9. The number of carbonyl (C=O) groups excluding carboxylic acids is 4. The summed E-state index contributed by atoms with van der Waals surface area (Å²) in [7, 11) is 3.03. The van der Waals surface area contributed by atoms with Crippen LogP contribution >= 0.6 is 0 Å². The van der Waals surface area contributed by atoms with Crippen molar-refractivity contribution in [2.75, 3.05) is 46.9 Å². The highest BCUT2D eigenvalue weighted by atomic mass is 16.5. The van der Waals surface area contributed by atoms with Gasteiger partial charge in [-0.25, -0.2) is 0 Å². The number of carbonyl (C=O) groups is 4. The van der Waals surface area contributed by atoms with E-state index in [0.29, 0.717) is 42.4 Å². The molecule has 49 heavy (non-hydrogen) atoms. The summed E-state index contributed by atoms with van der Waals surface area (Å²) in [6.45, 7) is 7.30. The van der Waals surface area contributed by atoms with Crippen LogP contribution in [-0.4, -0.2) is 91.4 Å². The Kier molecular flexibility index (Phi) is 13.6. The molecule has 0 saturated carbocycles. The molecular formula is C38H49N5O6. The minimum atomic E-state index is -0.565. The molecule has 4 amide bonds. The maximum absolute atomic E-state index is 13.6. The van der Waals surface area contributed by atoms with Gasteiger partial charge in [-0.2, -0.15) is 0 Å². The fourth-order valence-electron chi connectivity index (χ4n) is 6.35. The summed E-state index contributed by atoms with van der Waals surface area (Å²) in [5, 5.41) is 5.19. The summed E-state index contributed by atoms with van der Waals surface area (Å²) in [5.41, 5.74) is 2.55. The number of amides is 4. The smallest absolute Gasteiger partial charge is 0.254 e. The number of nitrogens with zero attached hydrogens (tertiary/aromatic N) is 3. The fraction of sp³-hybridized carbons (Fsp3) is 0.447. The van der Waals surface area contributed by atoms with Crippen LogP contribution in [0.25, 0.3) is 0 Å². The Morgan fingerprint density at radius 2 is 1.65 bits per heavy atom. The lowest BCUT2D eigenvalue weighted by Gasteiger charge is -2.39. The first-order valence-electron chi connectivity index (χ1n) is 17.0. The normalized spacial score (nSPS) is 18.1. The van der Waals surface area contributed by atoms with E-state index in [0.717, 1.165) is 0 Å². The Morgan fingerprint density at radius 3 is 2.31 bits per heavy atom. The van der Waals surface area contributed by atoms with Gasteiger partial charge in [-0.15, -0.1) is 0 Å². The summed E-state index contributed by atoms with van der Waals surface area (Å²) in [6.07, 6.45) is 4.16. The van der Waals surface area contributed by atoms with Crippen molar-refractivity contribution < 1.29 is 28.7 Å². The molecule has 3 aromatic rings. The molecule has 0 spiro atoms. The van der Waals surface area contributed by atoms with Crippen LogP contribution in [0, 0.1) is 17.8 Å². The van der Waals surface area contributed by atoms with Gasteiger partial charge in [0.1, 0.15) is 0 Å². The number of hydrogen-bond acceptors (Lipinski definition) is 7. The zero-order chi connectivity index (χ0) is 35.3. The van der Waals surface area contributed by atoms with Gasteiger partial charge in [0.25, 0.3) is 5.91 Å². The summed E-state index contributed by atoms with van der Waals surface area (Å²) in [6, 6.07) is 21.1. The molecule has 1 aromatic heterocycles. The Hall–Kier alpha value is -4.93. The number of ether oxygens (including phenoxy) is 2. The van der Waals surface area contributed by atoms with E-state index >= 15 is 0 Å². The molecule has 11 nitrogen and oxygen atoms in total. The van der Waals surface area contributed by atoms with Gasteiger partial charge in [0.15, 0.2) is 11.5 Å². The fourth-order valence-corrected chi connectivity index (χ4v) is 6.35. The summed E-state index contributed by atoms with van der Waals surface area (Å²) >= 11 is 0. The molecule has 3 unspecified atom stereocenters. The van der Waals surface area contributed by atoms with Crippen LogP contribution in [0.3, 0.4) is 0 Å². The van der Waals surface area contributed by atoms with Crippen molar-refractivity contribution in [1.29, 1.82) is 0 Å². The molecule has 3 heterocycles. The van der Waals surface area contributed by atoms with Crippen LogP contribution < -0.4 is 20.1 Å². The molecule has 0 bridgehead atoms. The largest absolute Gasteiger partial charge is 0.493 e. The number of benzene rings is 2. The van der Waals surface area contributed by atoms with E-state index in [2.05, 4.69) is 52.9 Å². The Balaban J connectivity index is 0.000000520. The predicted molar refractivity (Wildman–Crippen MR) is 187 cm³/mol. The maximum Gasteiger partial charge on any atom is 0.254 e. The van der Waals surface area contributed by atoms with E-state index in [1.54, 1.807) is 46.3 Å². The van der Waals surface area contributed by atoms with E-state index in [1.165, 1.54) is 32.6 Å². The number of pyridine rings is 1. The number of aryl methyl sites for hydroxylation is 1. The summed E-state index contributed by atoms with van der Waals surface area (Å²) < 4.78 is 11.2. The molecule has 5 rings (SSSR count). The van der Waals surface area contributed by atoms with E-state index in [1.807, 2.05) is 19.9 Å². The Bertz CT molecular complexity index is 1550. The SMILES string of the molecule is CCCc1ccccc1.CNC(=O)CNC(=O)C1CN(C(=O)Cc2ccccn2)CC2CN(C(=O)c3ccc(OC(C)C)c(OC)c3)CC21. The van der Waals surface area contributed by atoms with Gasteiger partial charge in [0.2, 0.25) is 17.7 Å². The average Bonchev–Trinajstić information content (AvgIpc) is 3.55. The minimum Gasteiger partial charge on any atom is -0.493 e. The van der Waals surface area contributed by atoms with Gasteiger partial charge >= 0.3 is 0 Å². The monoisotopic (exact) mass is 671 g/mol. The van der Waals surface area contributed by atoms with Gasteiger partial charge < -0.3 is 29.9 Å². The van der Waals surface area contributed by atoms with Crippen LogP contribution in [0.1, 0.15) is 48.8 Å². The van der Waals surface area contributed by atoms with Gasteiger partial charge in [-0.05, 0) is 68.0 Å². The van der Waals surface area contributed by atoms with Gasteiger partial charge in [-0.3, -0.25) is 24.2 Å². The third kappa shape index (κ3) is 10.3. The van der Waals surface area contributed by atoms with Crippen molar-refractivity contribution in [2.45, 2.75) is 46.1 Å². The summed E-state index contributed by atoms with van der Waals surface area (Å²) in [5.74, 6) is -0.718. The second-order valence-electron chi connectivity index (χ2n) is 12.7. The number of methoxy groups -OCH3 is 1. The molecular weight excluding hydrogens is 622 g/mol. The van der Waals surface area contributed by atoms with E-state index in [-0.39, 0.29) is 61.1 Å². The van der Waals surface area contributed by atoms with Gasteiger partial charge in [0, 0.05) is 50.7 Å². The maximum atomic E-state index is 13.6. The molecule has 2 aromatic carbocycles. The van der Waals surface area contributed by atoms with Crippen LogP contribution in [0.4, 0.5) is 0 Å². The molecule has 0 aliphatic carbocycles. The van der Waals surface area contributed by atoms with Crippen LogP contribution in [0.5, 0.6) is 11.5 Å². The van der Waals surface area contributed by atoms with E-state index in [9.17, 15) is 19.2 Å². The minimum absolute atomic E-state index is 0.0491. The van der Waals surface area contributed by atoms with Crippen molar-refractivity contribution in [3.05, 3.63) is 89.7 Å². The second kappa shape index (κ2) is 18.0. The Labute approximate surface area is 289 Å². The van der Waals surface area contributed by atoms with Gasteiger partial charge in [0.05, 0.1) is 32.1 Å². The number of hydrogen-bond donors (Lipinski definition) is 2. The van der Waals surface area contributed by atoms with Crippen molar-refractivity contribution in [3.63, 3.8) is 0 Å². The Morgan fingerprint density at radius 1 is 0.918 bits per heavy atom. The van der Waals surface area contributed by atoms with E-state index < -0.39 is 5.92 Å². The molecule has 2 aliphatic heterocycles. The lowest BCUT2D eigenvalue weighted by Crippen LogP contribution is -2.54. The zero-order valence-corrected chi connectivity index (χ0v) is 29.2. The van der Waals surface area contributed by atoms with Crippen molar-refractivity contribution in [2.24, 2.45) is 17.8 Å². The molecule has 0 radical (unpaired) electrons. The lowest BCUT2D eigenvalue weighted by molar-refractivity contribution is -0.139. The zero-order valence-electron chi connectivity index (χ0n) is 29.2. The van der Waals surface area contributed by atoms with Crippen LogP contribution in [0.15, 0.2) is 72.9 Å². The number of aromatic nitrogens is 1. The highest BCUT2D eigenvalue weighted by molar-refractivity contribution is 5.95. The molecule has 11 heteroatoms. The highest BCUT2D eigenvalue weighted by Gasteiger charge is 2.47. The molecule has 2 saturated heterocycles. The third-order valence-electron chi connectivity index (χ3n) is 8.77. The quantitative estimate of drug-likeness (QED) is 0.318.